The van der Waals surface area contributed by atoms with E-state index in [1.54, 1.807) is 6.92 Å². The molecule has 4 nitrogen and oxygen atoms in total. The second-order valence-electron chi connectivity index (χ2n) is 6.27. The highest BCUT2D eigenvalue weighted by Gasteiger charge is 2.32. The average Bonchev–Trinajstić information content (AvgIpc) is 3.12. The summed E-state index contributed by atoms with van der Waals surface area (Å²) in [5.74, 6) is 0.999. The molecule has 0 atom stereocenters. The van der Waals surface area contributed by atoms with E-state index in [2.05, 4.69) is 20.5 Å². The van der Waals surface area contributed by atoms with Gasteiger partial charge < -0.3 is 0 Å². The van der Waals surface area contributed by atoms with Crippen LogP contribution in [0.5, 0.6) is 0 Å². The van der Waals surface area contributed by atoms with Crippen molar-refractivity contribution in [1.82, 2.24) is 9.97 Å². The van der Waals surface area contributed by atoms with E-state index in [1.807, 2.05) is 36.4 Å². The monoisotopic (exact) mass is 412 g/mol. The van der Waals surface area contributed by atoms with Crippen molar-refractivity contribution in [3.63, 3.8) is 0 Å². The minimum absolute atomic E-state index is 0.0233. The fourth-order valence-corrected chi connectivity index (χ4v) is 3.97. The molecule has 4 rings (SSSR count). The van der Waals surface area contributed by atoms with Gasteiger partial charge in [0.2, 0.25) is 0 Å². The Hall–Kier alpha value is -3.26. The van der Waals surface area contributed by atoms with E-state index in [0.29, 0.717) is 11.6 Å². The number of hydrazone groups is 1. The number of benzene rings is 2. The van der Waals surface area contributed by atoms with E-state index < -0.39 is 11.7 Å². The summed E-state index contributed by atoms with van der Waals surface area (Å²) in [7, 11) is 0. The summed E-state index contributed by atoms with van der Waals surface area (Å²) in [6.45, 7) is 1.76. The van der Waals surface area contributed by atoms with Gasteiger partial charge in [-0.1, -0.05) is 48.5 Å². The van der Waals surface area contributed by atoms with Gasteiger partial charge in [0.05, 0.1) is 17.2 Å². The number of anilines is 1. The third kappa shape index (κ3) is 4.12. The molecule has 0 saturated carbocycles. The van der Waals surface area contributed by atoms with Crippen LogP contribution in [0.2, 0.25) is 0 Å². The SMILES string of the molecule is Cc1nc(N/N=C\c2ccccc2C(F)(F)F)c2cc(-c3ccccc3)sc2n1. The molecule has 0 amide bonds. The van der Waals surface area contributed by atoms with E-state index in [-0.39, 0.29) is 5.56 Å². The fourth-order valence-electron chi connectivity index (χ4n) is 2.89. The zero-order valence-electron chi connectivity index (χ0n) is 15.2. The van der Waals surface area contributed by atoms with Crippen molar-refractivity contribution in [1.29, 1.82) is 0 Å². The number of aromatic nitrogens is 2. The van der Waals surface area contributed by atoms with E-state index in [0.717, 1.165) is 32.9 Å². The first kappa shape index (κ1) is 19.1. The van der Waals surface area contributed by atoms with Crippen molar-refractivity contribution < 1.29 is 13.2 Å². The Morgan fingerprint density at radius 1 is 1.00 bits per heavy atom. The van der Waals surface area contributed by atoms with E-state index in [1.165, 1.54) is 29.5 Å². The highest BCUT2D eigenvalue weighted by Crippen LogP contribution is 2.35. The fraction of sp³-hybridized carbons (Fsp3) is 0.0952. The Labute approximate surface area is 168 Å². The van der Waals surface area contributed by atoms with E-state index in [9.17, 15) is 13.2 Å². The maximum absolute atomic E-state index is 13.1. The lowest BCUT2D eigenvalue weighted by atomic mass is 10.1. The molecular weight excluding hydrogens is 397 g/mol. The van der Waals surface area contributed by atoms with Gasteiger partial charge in [0.25, 0.3) is 0 Å². The van der Waals surface area contributed by atoms with Crippen LogP contribution in [0.15, 0.2) is 65.8 Å². The number of nitrogens with one attached hydrogen (secondary N) is 1. The predicted molar refractivity (Wildman–Crippen MR) is 110 cm³/mol. The summed E-state index contributed by atoms with van der Waals surface area (Å²) < 4.78 is 39.4. The van der Waals surface area contributed by atoms with Gasteiger partial charge in [-0.3, -0.25) is 5.43 Å². The third-order valence-corrected chi connectivity index (χ3v) is 5.28. The Bertz CT molecular complexity index is 1180. The van der Waals surface area contributed by atoms with Gasteiger partial charge in [-0.05, 0) is 24.6 Å². The lowest BCUT2D eigenvalue weighted by Crippen LogP contribution is -2.09. The number of halogens is 3. The number of aryl methyl sites for hydroxylation is 1. The summed E-state index contributed by atoms with van der Waals surface area (Å²) in [6.07, 6.45) is -3.30. The van der Waals surface area contributed by atoms with Crippen LogP contribution >= 0.6 is 11.3 Å². The molecule has 4 aromatic rings. The Kier molecular flexibility index (Phi) is 5.02. The van der Waals surface area contributed by atoms with Gasteiger partial charge in [0.15, 0.2) is 5.82 Å². The first-order valence-electron chi connectivity index (χ1n) is 8.71. The minimum atomic E-state index is -4.45. The molecule has 0 saturated heterocycles. The number of hydrogen-bond acceptors (Lipinski definition) is 5. The number of alkyl halides is 3. The number of nitrogens with zero attached hydrogens (tertiary/aromatic N) is 3. The van der Waals surface area contributed by atoms with Crippen LogP contribution in [-0.4, -0.2) is 16.2 Å². The molecule has 29 heavy (non-hydrogen) atoms. The molecule has 8 heteroatoms. The summed E-state index contributed by atoms with van der Waals surface area (Å²) >= 11 is 1.52. The van der Waals surface area contributed by atoms with E-state index >= 15 is 0 Å². The molecule has 2 heterocycles. The first-order valence-corrected chi connectivity index (χ1v) is 9.52. The molecular formula is C21H15F3N4S. The van der Waals surface area contributed by atoms with Gasteiger partial charge >= 0.3 is 6.18 Å². The van der Waals surface area contributed by atoms with Crippen LogP contribution in [0.3, 0.4) is 0 Å². The molecule has 0 fully saturated rings. The van der Waals surface area contributed by atoms with Gasteiger partial charge in [0.1, 0.15) is 10.7 Å². The lowest BCUT2D eigenvalue weighted by molar-refractivity contribution is -0.137. The molecule has 146 valence electrons. The van der Waals surface area contributed by atoms with Crippen LogP contribution in [0.1, 0.15) is 17.0 Å². The molecule has 0 aliphatic heterocycles. The maximum Gasteiger partial charge on any atom is 0.417 e. The minimum Gasteiger partial charge on any atom is -0.261 e. The lowest BCUT2D eigenvalue weighted by Gasteiger charge is -2.09. The van der Waals surface area contributed by atoms with Crippen molar-refractivity contribution in [2.75, 3.05) is 5.43 Å². The largest absolute Gasteiger partial charge is 0.417 e. The smallest absolute Gasteiger partial charge is 0.261 e. The highest BCUT2D eigenvalue weighted by atomic mass is 32.1. The van der Waals surface area contributed by atoms with E-state index in [4.69, 9.17) is 0 Å². The molecule has 2 aromatic carbocycles. The zero-order valence-corrected chi connectivity index (χ0v) is 16.1. The topological polar surface area (TPSA) is 50.2 Å². The van der Waals surface area contributed by atoms with Crippen LogP contribution in [0.4, 0.5) is 19.0 Å². The molecule has 0 radical (unpaired) electrons. The van der Waals surface area contributed by atoms with Gasteiger partial charge in [0, 0.05) is 10.4 Å². The Morgan fingerprint density at radius 3 is 2.48 bits per heavy atom. The summed E-state index contributed by atoms with van der Waals surface area (Å²) in [4.78, 5) is 10.6. The molecule has 0 bridgehead atoms. The quantitative estimate of drug-likeness (QED) is 0.324. The number of rotatable bonds is 4. The van der Waals surface area contributed by atoms with Crippen LogP contribution < -0.4 is 5.43 Å². The summed E-state index contributed by atoms with van der Waals surface area (Å²) in [5.41, 5.74) is 3.07. The van der Waals surface area contributed by atoms with Crippen molar-refractivity contribution in [3.05, 3.63) is 77.6 Å². The van der Waals surface area contributed by atoms with Crippen LogP contribution in [0.25, 0.3) is 20.7 Å². The van der Waals surface area contributed by atoms with Crippen molar-refractivity contribution in [2.45, 2.75) is 13.1 Å². The highest BCUT2D eigenvalue weighted by molar-refractivity contribution is 7.21. The van der Waals surface area contributed by atoms with Crippen LogP contribution in [0, 0.1) is 6.92 Å². The normalized spacial score (nSPS) is 12.0. The van der Waals surface area contributed by atoms with Gasteiger partial charge in [-0.2, -0.15) is 18.3 Å². The van der Waals surface area contributed by atoms with Crippen LogP contribution in [-0.2, 0) is 6.18 Å². The molecule has 2 aromatic heterocycles. The van der Waals surface area contributed by atoms with Gasteiger partial charge in [-0.15, -0.1) is 11.3 Å². The average molecular weight is 412 g/mol. The first-order chi connectivity index (χ1) is 13.9. The maximum atomic E-state index is 13.1. The summed E-state index contributed by atoms with van der Waals surface area (Å²) in [6, 6.07) is 17.1. The molecule has 0 aliphatic carbocycles. The molecule has 1 N–H and O–H groups in total. The predicted octanol–water partition coefficient (Wildman–Crippen LogP) is 6.13. The second kappa shape index (κ2) is 7.63. The van der Waals surface area contributed by atoms with Crippen molar-refractivity contribution >= 4 is 33.6 Å². The number of hydrogen-bond donors (Lipinski definition) is 1. The standard InChI is InChI=1S/C21H15F3N4S/c1-13-26-19(28-25-12-15-9-5-6-10-17(15)21(22,23)24)16-11-18(29-20(16)27-13)14-7-3-2-4-8-14/h2-12H,1H3,(H,26,27,28)/b25-12-. The van der Waals surface area contributed by atoms with Crippen molar-refractivity contribution in [3.8, 4) is 10.4 Å². The summed E-state index contributed by atoms with van der Waals surface area (Å²) in [5, 5.41) is 4.76. The molecule has 0 unspecified atom stereocenters. The molecule has 0 spiro atoms. The molecule has 0 aliphatic rings. The van der Waals surface area contributed by atoms with Gasteiger partial charge in [-0.25, -0.2) is 9.97 Å². The number of fused-ring (bicyclic) bond motifs is 1. The third-order valence-electron chi connectivity index (χ3n) is 4.20. The Morgan fingerprint density at radius 2 is 1.72 bits per heavy atom. The number of thiophene rings is 1. The second-order valence-corrected chi connectivity index (χ2v) is 7.30. The van der Waals surface area contributed by atoms with Crippen molar-refractivity contribution in [2.24, 2.45) is 5.10 Å². The zero-order chi connectivity index (χ0) is 20.4. The Balaban J connectivity index is 1.67.